The Hall–Kier alpha value is -0.930. The molecule has 3 unspecified atom stereocenters. The van der Waals surface area contributed by atoms with E-state index in [0.29, 0.717) is 18.0 Å². The van der Waals surface area contributed by atoms with Gasteiger partial charge in [-0.05, 0) is 45.3 Å². The Morgan fingerprint density at radius 3 is 2.50 bits per heavy atom. The van der Waals surface area contributed by atoms with Crippen LogP contribution in [0.5, 0.6) is 0 Å². The van der Waals surface area contributed by atoms with Crippen molar-refractivity contribution >= 4 is 0 Å². The maximum absolute atomic E-state index is 13.9. The molecule has 0 saturated heterocycles. The first-order valence-electron chi connectivity index (χ1n) is 7.70. The summed E-state index contributed by atoms with van der Waals surface area (Å²) in [5.41, 5.74) is 0.803. The lowest BCUT2D eigenvalue weighted by atomic mass is 9.77. The second kappa shape index (κ2) is 6.68. The molecule has 112 valence electrons. The normalized spacial score (nSPS) is 23.9. The Labute approximate surface area is 122 Å². The van der Waals surface area contributed by atoms with E-state index in [1.165, 1.54) is 12.8 Å². The molecule has 1 aliphatic rings. The van der Waals surface area contributed by atoms with Crippen LogP contribution in [0, 0.1) is 11.7 Å². The second-order valence-electron chi connectivity index (χ2n) is 6.33. The Morgan fingerprint density at radius 1 is 1.25 bits per heavy atom. The molecule has 1 aromatic rings. The highest BCUT2D eigenvalue weighted by molar-refractivity contribution is 5.21. The van der Waals surface area contributed by atoms with Crippen molar-refractivity contribution in [2.75, 3.05) is 13.6 Å². The number of hydrogen-bond acceptors (Lipinski definition) is 2. The van der Waals surface area contributed by atoms with Crippen LogP contribution in [0.15, 0.2) is 24.3 Å². The zero-order valence-electron chi connectivity index (χ0n) is 13.1. The lowest BCUT2D eigenvalue weighted by Gasteiger charge is -2.45. The fourth-order valence-corrected chi connectivity index (χ4v) is 3.03. The van der Waals surface area contributed by atoms with Gasteiger partial charge in [0.25, 0.3) is 0 Å². The first-order chi connectivity index (χ1) is 9.50. The van der Waals surface area contributed by atoms with Gasteiger partial charge in [-0.3, -0.25) is 4.90 Å². The summed E-state index contributed by atoms with van der Waals surface area (Å²) >= 11 is 0. The molecule has 1 N–H and O–H groups in total. The molecule has 3 heteroatoms. The molecular weight excluding hydrogens is 251 g/mol. The van der Waals surface area contributed by atoms with E-state index in [4.69, 9.17) is 0 Å². The van der Waals surface area contributed by atoms with E-state index >= 15 is 0 Å². The van der Waals surface area contributed by atoms with Gasteiger partial charge in [-0.2, -0.15) is 0 Å². The largest absolute Gasteiger partial charge is 0.314 e. The number of hydrogen-bond donors (Lipinski definition) is 1. The van der Waals surface area contributed by atoms with Crippen LogP contribution >= 0.6 is 0 Å². The summed E-state index contributed by atoms with van der Waals surface area (Å²) in [4.78, 5) is 2.34. The fourth-order valence-electron chi connectivity index (χ4n) is 3.03. The Bertz CT molecular complexity index is 433. The Kier molecular flexibility index (Phi) is 5.17. The van der Waals surface area contributed by atoms with Gasteiger partial charge in [-0.1, -0.05) is 32.0 Å². The molecule has 1 fully saturated rings. The minimum absolute atomic E-state index is 0.0944. The van der Waals surface area contributed by atoms with Gasteiger partial charge < -0.3 is 5.32 Å². The summed E-state index contributed by atoms with van der Waals surface area (Å²) in [6, 6.07) is 8.35. The monoisotopic (exact) mass is 278 g/mol. The minimum Gasteiger partial charge on any atom is -0.314 e. The third kappa shape index (κ3) is 3.39. The van der Waals surface area contributed by atoms with E-state index in [1.807, 2.05) is 12.1 Å². The first-order valence-corrected chi connectivity index (χ1v) is 7.70. The summed E-state index contributed by atoms with van der Waals surface area (Å²) in [5, 5.41) is 3.52. The van der Waals surface area contributed by atoms with Crippen molar-refractivity contribution in [3.05, 3.63) is 35.6 Å². The number of rotatable bonds is 6. The van der Waals surface area contributed by atoms with Gasteiger partial charge in [0.15, 0.2) is 0 Å². The van der Waals surface area contributed by atoms with Gasteiger partial charge in [0.2, 0.25) is 0 Å². The fraction of sp³-hybridized carbons (Fsp3) is 0.647. The van der Waals surface area contributed by atoms with Crippen molar-refractivity contribution in [1.82, 2.24) is 10.2 Å². The van der Waals surface area contributed by atoms with Crippen molar-refractivity contribution in [1.29, 1.82) is 0 Å². The SMILES string of the molecule is CC(C)NCC1CCC1N(C)C(C)c1ccccc1F. The van der Waals surface area contributed by atoms with E-state index < -0.39 is 0 Å². The number of nitrogens with zero attached hydrogens (tertiary/aromatic N) is 1. The standard InChI is InChI=1S/C17H27FN2/c1-12(2)19-11-14-9-10-17(14)20(4)13(3)15-7-5-6-8-16(15)18/h5-8,12-14,17,19H,9-11H2,1-4H3. The van der Waals surface area contributed by atoms with Crippen LogP contribution in [-0.2, 0) is 0 Å². The van der Waals surface area contributed by atoms with Gasteiger partial charge in [0.05, 0.1) is 0 Å². The molecule has 20 heavy (non-hydrogen) atoms. The van der Waals surface area contributed by atoms with Crippen molar-refractivity contribution in [3.63, 3.8) is 0 Å². The molecule has 0 heterocycles. The Balaban J connectivity index is 1.97. The highest BCUT2D eigenvalue weighted by atomic mass is 19.1. The summed E-state index contributed by atoms with van der Waals surface area (Å²) < 4.78 is 13.9. The van der Waals surface area contributed by atoms with Gasteiger partial charge in [0, 0.05) is 23.7 Å². The summed E-state index contributed by atoms with van der Waals surface area (Å²) in [5.74, 6) is 0.597. The van der Waals surface area contributed by atoms with Gasteiger partial charge >= 0.3 is 0 Å². The molecule has 0 radical (unpaired) electrons. The third-order valence-electron chi connectivity index (χ3n) is 4.66. The zero-order chi connectivity index (χ0) is 14.7. The number of benzene rings is 1. The van der Waals surface area contributed by atoms with Crippen LogP contribution in [0.1, 0.15) is 45.2 Å². The van der Waals surface area contributed by atoms with E-state index in [9.17, 15) is 4.39 Å². The molecule has 0 spiro atoms. The molecular formula is C17H27FN2. The molecule has 0 aromatic heterocycles. The van der Waals surface area contributed by atoms with E-state index in [1.54, 1.807) is 12.1 Å². The maximum atomic E-state index is 13.9. The molecule has 1 aliphatic carbocycles. The first kappa shape index (κ1) is 15.5. The van der Waals surface area contributed by atoms with E-state index in [0.717, 1.165) is 12.1 Å². The molecule has 0 amide bonds. The lowest BCUT2D eigenvalue weighted by molar-refractivity contribution is 0.0528. The average Bonchev–Trinajstić information content (AvgIpc) is 2.37. The zero-order valence-corrected chi connectivity index (χ0v) is 13.1. The van der Waals surface area contributed by atoms with Crippen LogP contribution in [-0.4, -0.2) is 30.6 Å². The molecule has 2 rings (SSSR count). The molecule has 0 bridgehead atoms. The second-order valence-corrected chi connectivity index (χ2v) is 6.33. The average molecular weight is 278 g/mol. The lowest BCUT2D eigenvalue weighted by Crippen LogP contribution is -2.50. The quantitative estimate of drug-likeness (QED) is 0.855. The van der Waals surface area contributed by atoms with Crippen molar-refractivity contribution in [2.45, 2.75) is 51.7 Å². The minimum atomic E-state index is -0.0944. The molecule has 1 saturated carbocycles. The summed E-state index contributed by atoms with van der Waals surface area (Å²) in [6.07, 6.45) is 2.50. The van der Waals surface area contributed by atoms with E-state index in [2.05, 4.69) is 38.0 Å². The van der Waals surface area contributed by atoms with Gasteiger partial charge in [-0.15, -0.1) is 0 Å². The molecule has 2 nitrogen and oxygen atoms in total. The Morgan fingerprint density at radius 2 is 1.95 bits per heavy atom. The van der Waals surface area contributed by atoms with E-state index in [-0.39, 0.29) is 11.9 Å². The number of halogens is 1. The highest BCUT2D eigenvalue weighted by Gasteiger charge is 2.36. The van der Waals surface area contributed by atoms with Crippen LogP contribution in [0.4, 0.5) is 4.39 Å². The van der Waals surface area contributed by atoms with Crippen LogP contribution < -0.4 is 5.32 Å². The molecule has 1 aromatic carbocycles. The predicted octanol–water partition coefficient (Wildman–Crippen LogP) is 3.60. The van der Waals surface area contributed by atoms with Crippen LogP contribution in [0.25, 0.3) is 0 Å². The van der Waals surface area contributed by atoms with Crippen molar-refractivity contribution in [3.8, 4) is 0 Å². The molecule has 3 atom stereocenters. The number of nitrogens with one attached hydrogen (secondary N) is 1. The molecule has 0 aliphatic heterocycles. The van der Waals surface area contributed by atoms with Crippen LogP contribution in [0.3, 0.4) is 0 Å². The van der Waals surface area contributed by atoms with Crippen molar-refractivity contribution in [2.24, 2.45) is 5.92 Å². The maximum Gasteiger partial charge on any atom is 0.127 e. The smallest absolute Gasteiger partial charge is 0.127 e. The van der Waals surface area contributed by atoms with Gasteiger partial charge in [0.1, 0.15) is 5.82 Å². The predicted molar refractivity (Wildman–Crippen MR) is 82.2 cm³/mol. The topological polar surface area (TPSA) is 15.3 Å². The van der Waals surface area contributed by atoms with Crippen molar-refractivity contribution < 1.29 is 4.39 Å². The third-order valence-corrected chi connectivity index (χ3v) is 4.66. The summed E-state index contributed by atoms with van der Waals surface area (Å²) in [7, 11) is 2.13. The van der Waals surface area contributed by atoms with Gasteiger partial charge in [-0.25, -0.2) is 4.39 Å². The highest BCUT2D eigenvalue weighted by Crippen LogP contribution is 2.36. The van der Waals surface area contributed by atoms with Crippen LogP contribution in [0.2, 0.25) is 0 Å². The summed E-state index contributed by atoms with van der Waals surface area (Å²) in [6.45, 7) is 7.53.